The van der Waals surface area contributed by atoms with Crippen molar-refractivity contribution in [3.05, 3.63) is 24.3 Å². The van der Waals surface area contributed by atoms with E-state index >= 15 is 0 Å². The summed E-state index contributed by atoms with van der Waals surface area (Å²) in [6.45, 7) is 0. The first-order valence-corrected chi connectivity index (χ1v) is 3.64. The molecule has 0 aromatic heterocycles. The first kappa shape index (κ1) is 20.1. The lowest BCUT2D eigenvalue weighted by atomic mass is 10.6. The van der Waals surface area contributed by atoms with Gasteiger partial charge < -0.3 is 18.5 Å². The molecular formula is C8H15N5O4. The molecule has 2 heterocycles. The first-order chi connectivity index (χ1) is 6.58. The fraction of sp³-hybridized carbons (Fsp3) is 0. The zero-order valence-electron chi connectivity index (χ0n) is 9.06. The number of hydrogen-bond acceptors (Lipinski definition) is 7. The molecule has 0 aliphatic carbocycles. The average molecular weight is 245 g/mol. The molecule has 4 amide bonds. The standard InChI is InChI=1S/2C4H3NO2.3H3N/c2*6-3-1-2-4(7)5-3;;;/h2*1-2H,(H,5,6,7);3*1H3. The summed E-state index contributed by atoms with van der Waals surface area (Å²) in [5, 5.41) is 4.06. The Hall–Kier alpha value is -2.36. The van der Waals surface area contributed by atoms with Crippen LogP contribution in [0.15, 0.2) is 24.3 Å². The van der Waals surface area contributed by atoms with E-state index in [9.17, 15) is 19.2 Å². The summed E-state index contributed by atoms with van der Waals surface area (Å²) in [5.41, 5.74) is 0. The first-order valence-electron chi connectivity index (χ1n) is 3.64. The van der Waals surface area contributed by atoms with Gasteiger partial charge in [0.15, 0.2) is 0 Å². The van der Waals surface area contributed by atoms with Crippen molar-refractivity contribution in [3.8, 4) is 0 Å². The van der Waals surface area contributed by atoms with Gasteiger partial charge in [0, 0.05) is 24.3 Å². The van der Waals surface area contributed by atoms with Crippen molar-refractivity contribution in [2.45, 2.75) is 0 Å². The summed E-state index contributed by atoms with van der Waals surface area (Å²) in [5.74, 6) is -1.31. The van der Waals surface area contributed by atoms with E-state index in [0.29, 0.717) is 0 Å². The van der Waals surface area contributed by atoms with Gasteiger partial charge in [-0.1, -0.05) is 0 Å². The van der Waals surface area contributed by atoms with Gasteiger partial charge in [-0.15, -0.1) is 0 Å². The lowest BCUT2D eigenvalue weighted by molar-refractivity contribution is -0.125. The molecule has 2 rings (SSSR count). The van der Waals surface area contributed by atoms with E-state index in [1.54, 1.807) is 0 Å². The van der Waals surface area contributed by atoms with Crippen LogP contribution >= 0.6 is 0 Å². The monoisotopic (exact) mass is 245 g/mol. The molecule has 9 nitrogen and oxygen atoms in total. The smallest absolute Gasteiger partial charge is 0.250 e. The van der Waals surface area contributed by atoms with Gasteiger partial charge in [-0.3, -0.25) is 29.8 Å². The van der Waals surface area contributed by atoms with Crippen LogP contribution in [-0.4, -0.2) is 23.6 Å². The molecule has 0 radical (unpaired) electrons. The zero-order chi connectivity index (χ0) is 10.6. The van der Waals surface area contributed by atoms with Crippen LogP contribution in [0.1, 0.15) is 0 Å². The molecule has 0 unspecified atom stereocenters. The van der Waals surface area contributed by atoms with Gasteiger partial charge in [0.05, 0.1) is 0 Å². The Morgan fingerprint density at radius 2 is 0.706 bits per heavy atom. The van der Waals surface area contributed by atoms with Crippen LogP contribution in [0.4, 0.5) is 0 Å². The lowest BCUT2D eigenvalue weighted by Crippen LogP contribution is -2.19. The summed E-state index contributed by atoms with van der Waals surface area (Å²) in [7, 11) is 0. The van der Waals surface area contributed by atoms with Crippen molar-refractivity contribution >= 4 is 23.6 Å². The third-order valence-corrected chi connectivity index (χ3v) is 1.26. The number of amides is 4. The number of nitrogens with one attached hydrogen (secondary N) is 2. The number of carbonyl (C=O) groups is 4. The minimum Gasteiger partial charge on any atom is -0.344 e. The van der Waals surface area contributed by atoms with Gasteiger partial charge in [0.1, 0.15) is 0 Å². The normalized spacial score (nSPS) is 14.6. The quantitative estimate of drug-likeness (QED) is 0.333. The summed E-state index contributed by atoms with van der Waals surface area (Å²) in [6.07, 6.45) is 4.79. The lowest BCUT2D eigenvalue weighted by Gasteiger charge is -1.80. The number of rotatable bonds is 0. The molecule has 96 valence electrons. The highest BCUT2D eigenvalue weighted by Crippen LogP contribution is 1.83. The number of carbonyl (C=O) groups excluding carboxylic acids is 4. The van der Waals surface area contributed by atoms with Crippen molar-refractivity contribution in [1.29, 1.82) is 0 Å². The van der Waals surface area contributed by atoms with Crippen LogP contribution < -0.4 is 29.1 Å². The second kappa shape index (κ2) is 8.91. The molecule has 0 saturated carbocycles. The van der Waals surface area contributed by atoms with E-state index in [1.165, 1.54) is 24.3 Å². The third-order valence-electron chi connectivity index (χ3n) is 1.26. The maximum atomic E-state index is 10.0. The molecule has 0 bridgehead atoms. The number of imide groups is 2. The maximum absolute atomic E-state index is 10.0. The van der Waals surface area contributed by atoms with Crippen molar-refractivity contribution in [2.75, 3.05) is 0 Å². The van der Waals surface area contributed by atoms with E-state index in [1.807, 2.05) is 10.6 Å². The Morgan fingerprint density at radius 3 is 0.765 bits per heavy atom. The van der Waals surface area contributed by atoms with Gasteiger partial charge in [0.2, 0.25) is 0 Å². The molecule has 2 aliphatic rings. The number of hydrogen-bond donors (Lipinski definition) is 5. The van der Waals surface area contributed by atoms with Crippen LogP contribution in [-0.2, 0) is 19.2 Å². The fourth-order valence-corrected chi connectivity index (χ4v) is 0.712. The van der Waals surface area contributed by atoms with Crippen molar-refractivity contribution in [1.82, 2.24) is 29.1 Å². The minimum absolute atomic E-state index is 0. The van der Waals surface area contributed by atoms with Gasteiger partial charge in [-0.05, 0) is 0 Å². The molecule has 0 fully saturated rings. The van der Waals surface area contributed by atoms with Crippen LogP contribution in [0, 0.1) is 0 Å². The SMILES string of the molecule is N.N.N.O=C1C=CC(=O)N1.O=C1C=CC(=O)N1. The molecular weight excluding hydrogens is 230 g/mol. The Bertz CT molecular complexity index is 306. The largest absolute Gasteiger partial charge is 0.344 e. The predicted octanol–water partition coefficient (Wildman–Crippen LogP) is -1.12. The molecule has 11 N–H and O–H groups in total. The van der Waals surface area contributed by atoms with Gasteiger partial charge in [-0.2, -0.15) is 0 Å². The molecule has 0 spiro atoms. The highest BCUT2D eigenvalue weighted by atomic mass is 16.2. The van der Waals surface area contributed by atoms with Crippen molar-refractivity contribution < 1.29 is 19.2 Å². The van der Waals surface area contributed by atoms with E-state index in [-0.39, 0.29) is 42.1 Å². The Kier molecular flexibility index (Phi) is 10.5. The van der Waals surface area contributed by atoms with Gasteiger partial charge in [0.25, 0.3) is 23.6 Å². The van der Waals surface area contributed by atoms with Crippen LogP contribution in [0.3, 0.4) is 0 Å². The van der Waals surface area contributed by atoms with Crippen LogP contribution in [0.2, 0.25) is 0 Å². The highest BCUT2D eigenvalue weighted by molar-refractivity contribution is 6.13. The second-order valence-corrected chi connectivity index (χ2v) is 2.37. The minimum atomic E-state index is -0.329. The van der Waals surface area contributed by atoms with Crippen LogP contribution in [0.25, 0.3) is 0 Å². The Balaban J connectivity index is -0.000000196. The van der Waals surface area contributed by atoms with E-state index in [0.717, 1.165) is 0 Å². The predicted molar refractivity (Wildman–Crippen MR) is 59.6 cm³/mol. The van der Waals surface area contributed by atoms with Gasteiger partial charge in [-0.25, -0.2) is 0 Å². The third kappa shape index (κ3) is 7.56. The molecule has 0 atom stereocenters. The second-order valence-electron chi connectivity index (χ2n) is 2.37. The van der Waals surface area contributed by atoms with Crippen molar-refractivity contribution in [3.63, 3.8) is 0 Å². The Labute approximate surface area is 97.1 Å². The van der Waals surface area contributed by atoms with E-state index in [4.69, 9.17) is 0 Å². The molecule has 17 heavy (non-hydrogen) atoms. The molecule has 2 aliphatic heterocycles. The summed E-state index contributed by atoms with van der Waals surface area (Å²) in [6, 6.07) is 0. The maximum Gasteiger partial charge on any atom is 0.250 e. The molecule has 0 saturated heterocycles. The zero-order valence-corrected chi connectivity index (χ0v) is 9.06. The average Bonchev–Trinajstić information content (AvgIpc) is 2.63. The van der Waals surface area contributed by atoms with Gasteiger partial charge >= 0.3 is 0 Å². The highest BCUT2D eigenvalue weighted by Gasteiger charge is 2.07. The molecule has 0 aromatic rings. The van der Waals surface area contributed by atoms with Crippen molar-refractivity contribution in [2.24, 2.45) is 0 Å². The summed E-state index contributed by atoms with van der Waals surface area (Å²) < 4.78 is 0. The van der Waals surface area contributed by atoms with Crippen LogP contribution in [0.5, 0.6) is 0 Å². The summed E-state index contributed by atoms with van der Waals surface area (Å²) in [4.78, 5) is 40.1. The fourth-order valence-electron chi connectivity index (χ4n) is 0.712. The topological polar surface area (TPSA) is 197 Å². The summed E-state index contributed by atoms with van der Waals surface area (Å²) >= 11 is 0. The molecule has 0 aromatic carbocycles. The molecule has 9 heteroatoms. The van der Waals surface area contributed by atoms with E-state index < -0.39 is 0 Å². The van der Waals surface area contributed by atoms with E-state index in [2.05, 4.69) is 0 Å². The Morgan fingerprint density at radius 1 is 0.529 bits per heavy atom.